The fraction of sp³-hybridized carbons (Fsp3) is 0.250. The maximum atomic E-state index is 10.9. The van der Waals surface area contributed by atoms with Crippen molar-refractivity contribution in [2.45, 2.75) is 19.9 Å². The lowest BCUT2D eigenvalue weighted by Crippen LogP contribution is -2.16. The average Bonchev–Trinajstić information content (AvgIpc) is 2.90. The van der Waals surface area contributed by atoms with Crippen LogP contribution in [0.3, 0.4) is 0 Å². The van der Waals surface area contributed by atoms with Crippen LogP contribution in [0.5, 0.6) is 5.75 Å². The molecule has 8 heteroatoms. The van der Waals surface area contributed by atoms with E-state index in [1.165, 1.54) is 17.8 Å². The van der Waals surface area contributed by atoms with Crippen LogP contribution < -0.4 is 10.1 Å². The number of aromatic nitrogens is 2. The van der Waals surface area contributed by atoms with Crippen LogP contribution in [0.15, 0.2) is 48.2 Å². The Labute approximate surface area is 139 Å². The maximum absolute atomic E-state index is 10.9. The van der Waals surface area contributed by atoms with Gasteiger partial charge in [-0.1, -0.05) is 6.58 Å². The second-order valence-electron chi connectivity index (χ2n) is 5.30. The van der Waals surface area contributed by atoms with Crippen LogP contribution in [0, 0.1) is 10.1 Å². The van der Waals surface area contributed by atoms with Crippen LogP contribution in [0.2, 0.25) is 0 Å². The normalized spacial score (nSPS) is 11.4. The van der Waals surface area contributed by atoms with Crippen LogP contribution in [0.25, 0.3) is 0 Å². The molecule has 0 unspecified atom stereocenters. The minimum atomic E-state index is -0.519. The van der Waals surface area contributed by atoms with Crippen LogP contribution >= 0.6 is 0 Å². The Morgan fingerprint density at radius 1 is 1.46 bits per heavy atom. The predicted octanol–water partition coefficient (Wildman–Crippen LogP) is 3.12. The van der Waals surface area contributed by atoms with Crippen molar-refractivity contribution < 1.29 is 9.66 Å². The number of hydrogen-bond donors (Lipinski definition) is 1. The monoisotopic (exact) mass is 329 g/mol. The summed E-state index contributed by atoms with van der Waals surface area (Å²) in [5, 5.41) is 14.2. The van der Waals surface area contributed by atoms with E-state index in [4.69, 9.17) is 4.74 Å². The number of ether oxygens (including phenoxy) is 1. The third kappa shape index (κ3) is 3.97. The molecule has 0 radical (unpaired) electrons. The lowest BCUT2D eigenvalue weighted by molar-refractivity contribution is -0.391. The Bertz CT molecular complexity index is 763. The highest BCUT2D eigenvalue weighted by Crippen LogP contribution is 2.19. The van der Waals surface area contributed by atoms with Crippen molar-refractivity contribution in [3.8, 4) is 5.75 Å². The summed E-state index contributed by atoms with van der Waals surface area (Å²) in [4.78, 5) is 18.5. The van der Waals surface area contributed by atoms with E-state index in [1.807, 2.05) is 26.0 Å². The maximum Gasteiger partial charge on any atom is 0.343 e. The number of imidazole rings is 1. The summed E-state index contributed by atoms with van der Waals surface area (Å²) in [7, 11) is 1.53. The third-order valence-electron chi connectivity index (χ3n) is 3.07. The Morgan fingerprint density at radius 2 is 2.12 bits per heavy atom. The van der Waals surface area contributed by atoms with E-state index in [-0.39, 0.29) is 17.5 Å². The van der Waals surface area contributed by atoms with E-state index in [0.29, 0.717) is 11.8 Å². The molecule has 0 bridgehead atoms. The van der Waals surface area contributed by atoms with Gasteiger partial charge in [-0.05, 0) is 43.0 Å². The fourth-order valence-electron chi connectivity index (χ4n) is 2.05. The number of anilines is 1. The Morgan fingerprint density at radius 3 is 2.62 bits per heavy atom. The second kappa shape index (κ2) is 7.40. The van der Waals surface area contributed by atoms with E-state index in [0.717, 1.165) is 11.9 Å². The molecule has 2 aromatic rings. The van der Waals surface area contributed by atoms with Gasteiger partial charge in [0.25, 0.3) is 11.7 Å². The van der Waals surface area contributed by atoms with Crippen LogP contribution in [0.1, 0.15) is 19.7 Å². The molecule has 0 spiro atoms. The molecule has 0 fully saturated rings. The van der Waals surface area contributed by atoms with Crippen LogP contribution in [-0.4, -0.2) is 26.4 Å². The van der Waals surface area contributed by atoms with Crippen molar-refractivity contribution in [3.05, 3.63) is 59.2 Å². The quantitative estimate of drug-likeness (QED) is 0.380. The van der Waals surface area contributed by atoms with Crippen LogP contribution in [-0.2, 0) is 7.05 Å². The van der Waals surface area contributed by atoms with Crippen molar-refractivity contribution >= 4 is 17.4 Å². The van der Waals surface area contributed by atoms with E-state index in [2.05, 4.69) is 21.9 Å². The molecular weight excluding hydrogens is 310 g/mol. The Balaban J connectivity index is 2.25. The zero-order valence-electron chi connectivity index (χ0n) is 13.8. The predicted molar refractivity (Wildman–Crippen MR) is 92.4 cm³/mol. The summed E-state index contributed by atoms with van der Waals surface area (Å²) in [5.74, 6) is 0.758. The molecule has 0 saturated heterocycles. The van der Waals surface area contributed by atoms with Crippen molar-refractivity contribution in [1.29, 1.82) is 0 Å². The number of hydrogen-bond acceptors (Lipinski definition) is 6. The third-order valence-corrected chi connectivity index (χ3v) is 3.07. The average molecular weight is 329 g/mol. The van der Waals surface area contributed by atoms with E-state index in [1.54, 1.807) is 12.1 Å². The van der Waals surface area contributed by atoms with Crippen molar-refractivity contribution in [3.63, 3.8) is 0 Å². The van der Waals surface area contributed by atoms with Gasteiger partial charge < -0.3 is 20.2 Å². The zero-order chi connectivity index (χ0) is 17.7. The fourth-order valence-corrected chi connectivity index (χ4v) is 2.05. The zero-order valence-corrected chi connectivity index (χ0v) is 13.8. The summed E-state index contributed by atoms with van der Waals surface area (Å²) >= 11 is 0. The Kier molecular flexibility index (Phi) is 5.31. The minimum Gasteiger partial charge on any atom is -0.434 e. The first-order chi connectivity index (χ1) is 11.4. The highest BCUT2D eigenvalue weighted by Gasteiger charge is 2.22. The summed E-state index contributed by atoms with van der Waals surface area (Å²) in [6.07, 6.45) is 2.46. The van der Waals surface area contributed by atoms with Crippen molar-refractivity contribution in [2.75, 3.05) is 5.32 Å². The van der Waals surface area contributed by atoms with Gasteiger partial charge in [-0.25, -0.2) is 14.5 Å². The molecule has 8 nitrogen and oxygen atoms in total. The molecular formula is C16H19N5O3. The van der Waals surface area contributed by atoms with Crippen molar-refractivity contribution in [2.24, 2.45) is 12.0 Å². The SMILES string of the molecule is C=CN=C(Oc1ccc(NC(C)C)cc1)c1ncc([N+](=O)[O-])n1C. The molecule has 1 aromatic heterocycles. The van der Waals surface area contributed by atoms with E-state index < -0.39 is 4.92 Å². The molecule has 2 rings (SSSR count). The first kappa shape index (κ1) is 17.2. The molecule has 0 atom stereocenters. The number of benzene rings is 1. The van der Waals surface area contributed by atoms with Gasteiger partial charge in [-0.2, -0.15) is 0 Å². The van der Waals surface area contributed by atoms with Gasteiger partial charge in [-0.3, -0.25) is 0 Å². The van der Waals surface area contributed by atoms with Gasteiger partial charge in [0.2, 0.25) is 0 Å². The number of nitrogens with one attached hydrogen (secondary N) is 1. The molecule has 0 aliphatic rings. The summed E-state index contributed by atoms with van der Waals surface area (Å²) in [6.45, 7) is 7.64. The molecule has 0 saturated carbocycles. The molecule has 0 aliphatic heterocycles. The molecule has 0 amide bonds. The van der Waals surface area contributed by atoms with Gasteiger partial charge in [0.05, 0.1) is 7.05 Å². The topological polar surface area (TPSA) is 94.6 Å². The van der Waals surface area contributed by atoms with Gasteiger partial charge in [0, 0.05) is 17.9 Å². The second-order valence-corrected chi connectivity index (χ2v) is 5.30. The molecule has 126 valence electrons. The smallest absolute Gasteiger partial charge is 0.343 e. The highest BCUT2D eigenvalue weighted by molar-refractivity contribution is 5.93. The molecule has 1 aromatic carbocycles. The van der Waals surface area contributed by atoms with E-state index in [9.17, 15) is 10.1 Å². The standard InChI is InChI=1S/C16H19N5O3/c1-5-17-16(15-18-10-14(20(15)4)21(22)23)24-13-8-6-12(7-9-13)19-11(2)3/h5-11,19H,1H2,2-4H3. The highest BCUT2D eigenvalue weighted by atomic mass is 16.6. The lowest BCUT2D eigenvalue weighted by atomic mass is 10.2. The summed E-state index contributed by atoms with van der Waals surface area (Å²) < 4.78 is 7.02. The van der Waals surface area contributed by atoms with Gasteiger partial charge in [0.15, 0.2) is 0 Å². The molecule has 24 heavy (non-hydrogen) atoms. The largest absolute Gasteiger partial charge is 0.434 e. The van der Waals surface area contributed by atoms with Gasteiger partial charge in [0.1, 0.15) is 11.9 Å². The first-order valence-corrected chi connectivity index (χ1v) is 7.32. The molecule has 1 N–H and O–H groups in total. The van der Waals surface area contributed by atoms with Crippen LogP contribution in [0.4, 0.5) is 11.5 Å². The summed E-state index contributed by atoms with van der Waals surface area (Å²) in [6, 6.07) is 7.63. The first-order valence-electron chi connectivity index (χ1n) is 7.32. The Hall–Kier alpha value is -3.16. The van der Waals surface area contributed by atoms with Gasteiger partial charge >= 0.3 is 5.82 Å². The van der Waals surface area contributed by atoms with Crippen molar-refractivity contribution in [1.82, 2.24) is 9.55 Å². The minimum absolute atomic E-state index is 0.130. The van der Waals surface area contributed by atoms with E-state index >= 15 is 0 Å². The lowest BCUT2D eigenvalue weighted by Gasteiger charge is -2.11. The summed E-state index contributed by atoms with van der Waals surface area (Å²) in [5.41, 5.74) is 0.965. The molecule has 0 aliphatic carbocycles. The molecule has 1 heterocycles. The van der Waals surface area contributed by atoms with Gasteiger partial charge in [-0.15, -0.1) is 0 Å². The number of rotatable bonds is 6. The number of nitro groups is 1. The number of nitrogens with zero attached hydrogens (tertiary/aromatic N) is 4. The number of aliphatic imine (C=N–C) groups is 1.